The van der Waals surface area contributed by atoms with Crippen LogP contribution in [-0.4, -0.2) is 44.9 Å². The molecule has 1 saturated heterocycles. The quantitative estimate of drug-likeness (QED) is 0.924. The van der Waals surface area contributed by atoms with Crippen molar-refractivity contribution in [1.82, 2.24) is 14.7 Å². The number of carbonyl (C=O) groups excluding carboxylic acids is 1. The molecule has 1 aromatic heterocycles. The molecular weight excluding hydrogens is 326 g/mol. The Morgan fingerprint density at radius 1 is 1.33 bits per heavy atom. The van der Waals surface area contributed by atoms with Crippen molar-refractivity contribution in [3.63, 3.8) is 0 Å². The lowest BCUT2D eigenvalue weighted by Crippen LogP contribution is -2.42. The zero-order valence-electron chi connectivity index (χ0n) is 13.7. The molecular formula is C18H22ClN3O2. The highest BCUT2D eigenvalue weighted by molar-refractivity contribution is 6.33. The number of aliphatic hydroxyl groups excluding tert-OH is 1. The molecule has 0 spiro atoms. The van der Waals surface area contributed by atoms with Gasteiger partial charge in [0.25, 0.3) is 5.91 Å². The Bertz CT molecular complexity index is 694. The lowest BCUT2D eigenvalue weighted by Gasteiger charge is -2.34. The summed E-state index contributed by atoms with van der Waals surface area (Å²) in [6, 6.07) is 10.0. The van der Waals surface area contributed by atoms with Crippen LogP contribution in [-0.2, 0) is 13.5 Å². The Labute approximate surface area is 146 Å². The first kappa shape index (κ1) is 17.0. The van der Waals surface area contributed by atoms with Gasteiger partial charge in [-0.3, -0.25) is 9.48 Å². The van der Waals surface area contributed by atoms with Crippen LogP contribution in [0.25, 0.3) is 0 Å². The number of aromatic nitrogens is 2. The summed E-state index contributed by atoms with van der Waals surface area (Å²) in [7, 11) is 1.74. The summed E-state index contributed by atoms with van der Waals surface area (Å²) in [6.45, 7) is 1.25. The molecule has 0 saturated carbocycles. The van der Waals surface area contributed by atoms with Gasteiger partial charge in [-0.2, -0.15) is 5.10 Å². The molecule has 0 radical (unpaired) electrons. The van der Waals surface area contributed by atoms with Gasteiger partial charge in [-0.25, -0.2) is 0 Å². The molecule has 0 unspecified atom stereocenters. The molecule has 1 amide bonds. The van der Waals surface area contributed by atoms with Crippen LogP contribution in [0.15, 0.2) is 36.5 Å². The summed E-state index contributed by atoms with van der Waals surface area (Å²) in [6.07, 6.45) is 3.51. The second kappa shape index (κ2) is 7.36. The molecule has 1 N–H and O–H groups in total. The Balaban J connectivity index is 1.55. The lowest BCUT2D eigenvalue weighted by atomic mass is 9.88. The average molecular weight is 348 g/mol. The number of nitrogens with zero attached hydrogens (tertiary/aromatic N) is 3. The van der Waals surface area contributed by atoms with E-state index in [4.69, 9.17) is 11.6 Å². The third-order valence-electron chi connectivity index (χ3n) is 4.65. The SMILES string of the molecule is Cn1cc(Cl)c(C(=O)N2CCC([C@H](O)Cc3ccccc3)CC2)n1. The van der Waals surface area contributed by atoms with Gasteiger partial charge < -0.3 is 10.0 Å². The minimum Gasteiger partial charge on any atom is -0.392 e. The monoisotopic (exact) mass is 347 g/mol. The highest BCUT2D eigenvalue weighted by Gasteiger charge is 2.29. The topological polar surface area (TPSA) is 58.4 Å². The predicted octanol–water partition coefficient (Wildman–Crippen LogP) is 2.53. The molecule has 1 aromatic carbocycles. The van der Waals surface area contributed by atoms with Crippen molar-refractivity contribution in [1.29, 1.82) is 0 Å². The maximum atomic E-state index is 12.5. The van der Waals surface area contributed by atoms with Crippen LogP contribution in [0.3, 0.4) is 0 Å². The summed E-state index contributed by atoms with van der Waals surface area (Å²) in [5.41, 5.74) is 1.45. The van der Waals surface area contributed by atoms with Crippen molar-refractivity contribution >= 4 is 17.5 Å². The number of amides is 1. The fourth-order valence-corrected chi connectivity index (χ4v) is 3.52. The number of piperidine rings is 1. The first-order valence-corrected chi connectivity index (χ1v) is 8.63. The predicted molar refractivity (Wildman–Crippen MR) is 93.0 cm³/mol. The molecule has 1 atom stereocenters. The minimum atomic E-state index is -0.372. The van der Waals surface area contributed by atoms with E-state index >= 15 is 0 Å². The van der Waals surface area contributed by atoms with Gasteiger partial charge in [-0.1, -0.05) is 41.9 Å². The molecule has 2 heterocycles. The van der Waals surface area contributed by atoms with E-state index in [1.807, 2.05) is 30.3 Å². The molecule has 1 aliphatic rings. The molecule has 5 nitrogen and oxygen atoms in total. The van der Waals surface area contributed by atoms with Crippen LogP contribution >= 0.6 is 11.6 Å². The Morgan fingerprint density at radius 3 is 2.58 bits per heavy atom. The van der Waals surface area contributed by atoms with Gasteiger partial charge in [-0.05, 0) is 30.7 Å². The smallest absolute Gasteiger partial charge is 0.275 e. The summed E-state index contributed by atoms with van der Waals surface area (Å²) >= 11 is 6.06. The standard InChI is InChI=1S/C18H22ClN3O2/c1-21-12-15(19)17(20-21)18(24)22-9-7-14(8-10-22)16(23)11-13-5-3-2-4-6-13/h2-6,12,14,16,23H,7-11H2,1H3/t16-/m1/s1. The second-order valence-electron chi connectivity index (χ2n) is 6.39. The lowest BCUT2D eigenvalue weighted by molar-refractivity contribution is 0.0463. The number of halogens is 1. The van der Waals surface area contributed by atoms with Gasteiger partial charge >= 0.3 is 0 Å². The van der Waals surface area contributed by atoms with E-state index in [0.29, 0.717) is 30.2 Å². The zero-order chi connectivity index (χ0) is 17.1. The third-order valence-corrected chi connectivity index (χ3v) is 4.92. The number of benzene rings is 1. The van der Waals surface area contributed by atoms with Crippen molar-refractivity contribution in [2.45, 2.75) is 25.4 Å². The summed E-state index contributed by atoms with van der Waals surface area (Å²) in [5, 5.41) is 15.0. The Morgan fingerprint density at radius 2 is 2.00 bits per heavy atom. The molecule has 2 aromatic rings. The maximum absolute atomic E-state index is 12.5. The maximum Gasteiger partial charge on any atom is 0.275 e. The molecule has 1 aliphatic heterocycles. The first-order valence-electron chi connectivity index (χ1n) is 8.25. The van der Waals surface area contributed by atoms with E-state index in [1.165, 1.54) is 0 Å². The molecule has 0 bridgehead atoms. The number of hydrogen-bond acceptors (Lipinski definition) is 3. The number of aryl methyl sites for hydroxylation is 1. The molecule has 6 heteroatoms. The molecule has 1 fully saturated rings. The van der Waals surface area contributed by atoms with Gasteiger partial charge in [0.15, 0.2) is 5.69 Å². The molecule has 128 valence electrons. The Kier molecular flexibility index (Phi) is 5.21. The average Bonchev–Trinajstić information content (AvgIpc) is 2.93. The van der Waals surface area contributed by atoms with Crippen molar-refractivity contribution in [2.24, 2.45) is 13.0 Å². The van der Waals surface area contributed by atoms with Crippen LogP contribution in [0.1, 0.15) is 28.9 Å². The van der Waals surface area contributed by atoms with Gasteiger partial charge in [0.05, 0.1) is 11.1 Å². The van der Waals surface area contributed by atoms with Crippen molar-refractivity contribution in [2.75, 3.05) is 13.1 Å². The van der Waals surface area contributed by atoms with Crippen LogP contribution in [0.5, 0.6) is 0 Å². The van der Waals surface area contributed by atoms with E-state index in [1.54, 1.807) is 22.8 Å². The zero-order valence-corrected chi connectivity index (χ0v) is 14.5. The van der Waals surface area contributed by atoms with Crippen molar-refractivity contribution in [3.05, 3.63) is 52.8 Å². The van der Waals surface area contributed by atoms with Gasteiger partial charge in [0, 0.05) is 26.3 Å². The fraction of sp³-hybridized carbons (Fsp3) is 0.444. The Hall–Kier alpha value is -1.85. The number of likely N-dealkylation sites (tertiary alicyclic amines) is 1. The van der Waals surface area contributed by atoms with E-state index in [9.17, 15) is 9.90 Å². The molecule has 0 aliphatic carbocycles. The van der Waals surface area contributed by atoms with Gasteiger partial charge in [0.2, 0.25) is 0 Å². The van der Waals surface area contributed by atoms with Crippen LogP contribution < -0.4 is 0 Å². The van der Waals surface area contributed by atoms with Crippen molar-refractivity contribution in [3.8, 4) is 0 Å². The third kappa shape index (κ3) is 3.79. The number of rotatable bonds is 4. The van der Waals surface area contributed by atoms with E-state index in [2.05, 4.69) is 5.10 Å². The summed E-state index contributed by atoms with van der Waals surface area (Å²) in [5.74, 6) is 0.0880. The van der Waals surface area contributed by atoms with Crippen molar-refractivity contribution < 1.29 is 9.90 Å². The van der Waals surface area contributed by atoms with E-state index < -0.39 is 0 Å². The fourth-order valence-electron chi connectivity index (χ4n) is 3.26. The van der Waals surface area contributed by atoms with Crippen LogP contribution in [0, 0.1) is 5.92 Å². The summed E-state index contributed by atoms with van der Waals surface area (Å²) in [4.78, 5) is 14.3. The molecule has 24 heavy (non-hydrogen) atoms. The minimum absolute atomic E-state index is 0.128. The first-order chi connectivity index (χ1) is 11.5. The van der Waals surface area contributed by atoms with Crippen LogP contribution in [0.2, 0.25) is 5.02 Å². The summed E-state index contributed by atoms with van der Waals surface area (Å²) < 4.78 is 1.55. The van der Waals surface area contributed by atoms with Crippen LogP contribution in [0.4, 0.5) is 0 Å². The normalized spacial score (nSPS) is 17.0. The van der Waals surface area contributed by atoms with E-state index in [0.717, 1.165) is 18.4 Å². The van der Waals surface area contributed by atoms with Gasteiger partial charge in [0.1, 0.15) is 0 Å². The molecule has 3 rings (SSSR count). The highest BCUT2D eigenvalue weighted by Crippen LogP contribution is 2.25. The largest absolute Gasteiger partial charge is 0.392 e. The van der Waals surface area contributed by atoms with Gasteiger partial charge in [-0.15, -0.1) is 0 Å². The van der Waals surface area contributed by atoms with E-state index in [-0.39, 0.29) is 17.9 Å². The number of aliphatic hydroxyl groups is 1. The number of carbonyl (C=O) groups is 1. The second-order valence-corrected chi connectivity index (χ2v) is 6.79. The number of hydrogen-bond donors (Lipinski definition) is 1. The highest BCUT2D eigenvalue weighted by atomic mass is 35.5.